The highest BCUT2D eigenvalue weighted by molar-refractivity contribution is 5.92. The maximum Gasteiger partial charge on any atom is 0.338 e. The maximum atomic E-state index is 11.9. The van der Waals surface area contributed by atoms with Crippen LogP contribution in [0.5, 0.6) is 5.75 Å². The van der Waals surface area contributed by atoms with Crippen molar-refractivity contribution in [1.82, 2.24) is 4.90 Å². The number of carbonyl (C=O) groups is 2. The minimum Gasteiger partial charge on any atom is -0.492 e. The number of benzene rings is 1. The molecular formula is C15H20N2O4. The maximum absolute atomic E-state index is 11.9. The van der Waals surface area contributed by atoms with E-state index in [2.05, 4.69) is 0 Å². The lowest BCUT2D eigenvalue weighted by Gasteiger charge is -2.16. The Morgan fingerprint density at radius 1 is 1.38 bits per heavy atom. The zero-order valence-corrected chi connectivity index (χ0v) is 12.3. The molecule has 1 aliphatic rings. The zero-order valence-electron chi connectivity index (χ0n) is 12.3. The third-order valence-corrected chi connectivity index (χ3v) is 3.36. The summed E-state index contributed by atoms with van der Waals surface area (Å²) in [7, 11) is 1.72. The van der Waals surface area contributed by atoms with Crippen LogP contribution in [0, 0.1) is 0 Å². The number of carbonyl (C=O) groups excluding carboxylic acids is 2. The van der Waals surface area contributed by atoms with Gasteiger partial charge in [-0.2, -0.15) is 0 Å². The van der Waals surface area contributed by atoms with Crippen molar-refractivity contribution in [3.63, 3.8) is 0 Å². The van der Waals surface area contributed by atoms with E-state index in [1.54, 1.807) is 24.1 Å². The Labute approximate surface area is 123 Å². The Kier molecular flexibility index (Phi) is 4.67. The topological polar surface area (TPSA) is 81.9 Å². The molecule has 1 amide bonds. The summed E-state index contributed by atoms with van der Waals surface area (Å²) in [5, 5.41) is 0. The van der Waals surface area contributed by atoms with Crippen molar-refractivity contribution >= 4 is 17.6 Å². The summed E-state index contributed by atoms with van der Waals surface area (Å²) < 4.78 is 10.3. The van der Waals surface area contributed by atoms with Crippen LogP contribution in [0.15, 0.2) is 18.2 Å². The number of amides is 1. The van der Waals surface area contributed by atoms with Gasteiger partial charge in [0.05, 0.1) is 17.9 Å². The van der Waals surface area contributed by atoms with E-state index in [4.69, 9.17) is 15.2 Å². The fourth-order valence-corrected chi connectivity index (χ4v) is 1.94. The summed E-state index contributed by atoms with van der Waals surface area (Å²) >= 11 is 0. The summed E-state index contributed by atoms with van der Waals surface area (Å²) in [5.41, 5.74) is 6.46. The van der Waals surface area contributed by atoms with Crippen LogP contribution in [0.25, 0.3) is 0 Å². The van der Waals surface area contributed by atoms with E-state index in [1.807, 2.05) is 6.92 Å². The predicted molar refractivity (Wildman–Crippen MR) is 78.1 cm³/mol. The summed E-state index contributed by atoms with van der Waals surface area (Å²) in [6.45, 7) is 2.10. The molecule has 1 fully saturated rings. The van der Waals surface area contributed by atoms with E-state index in [0.29, 0.717) is 29.6 Å². The molecule has 0 spiro atoms. The van der Waals surface area contributed by atoms with E-state index in [1.165, 1.54) is 6.07 Å². The molecule has 0 bridgehead atoms. The Hall–Kier alpha value is -2.24. The number of hydrogen-bond donors (Lipinski definition) is 1. The van der Waals surface area contributed by atoms with Crippen LogP contribution >= 0.6 is 0 Å². The lowest BCUT2D eigenvalue weighted by molar-refractivity contribution is -0.133. The van der Waals surface area contributed by atoms with E-state index in [0.717, 1.165) is 12.8 Å². The van der Waals surface area contributed by atoms with Gasteiger partial charge in [0.15, 0.2) is 6.61 Å². The van der Waals surface area contributed by atoms with Gasteiger partial charge in [0.1, 0.15) is 5.75 Å². The first kappa shape index (κ1) is 15.2. The molecule has 21 heavy (non-hydrogen) atoms. The highest BCUT2D eigenvalue weighted by Crippen LogP contribution is 2.25. The van der Waals surface area contributed by atoms with Crippen molar-refractivity contribution in [1.29, 1.82) is 0 Å². The van der Waals surface area contributed by atoms with Crippen LogP contribution < -0.4 is 10.5 Å². The molecule has 0 heterocycles. The zero-order chi connectivity index (χ0) is 15.4. The second-order valence-electron chi connectivity index (χ2n) is 5.00. The molecule has 2 rings (SSSR count). The third-order valence-electron chi connectivity index (χ3n) is 3.36. The monoisotopic (exact) mass is 292 g/mol. The molecule has 6 nitrogen and oxygen atoms in total. The third kappa shape index (κ3) is 3.87. The largest absolute Gasteiger partial charge is 0.492 e. The molecular weight excluding hydrogens is 272 g/mol. The first-order valence-corrected chi connectivity index (χ1v) is 6.98. The molecule has 1 aliphatic carbocycles. The normalized spacial score (nSPS) is 13.6. The molecule has 6 heteroatoms. The highest BCUT2D eigenvalue weighted by Gasteiger charge is 2.29. The van der Waals surface area contributed by atoms with Gasteiger partial charge in [-0.1, -0.05) is 0 Å². The number of anilines is 1. The second-order valence-corrected chi connectivity index (χ2v) is 5.00. The van der Waals surface area contributed by atoms with Gasteiger partial charge in [-0.05, 0) is 38.0 Å². The minimum atomic E-state index is -0.567. The average molecular weight is 292 g/mol. The van der Waals surface area contributed by atoms with Crippen molar-refractivity contribution in [3.05, 3.63) is 23.8 Å². The summed E-state index contributed by atoms with van der Waals surface area (Å²) in [6, 6.07) is 4.98. The number of nitrogens with two attached hydrogens (primary N) is 1. The smallest absolute Gasteiger partial charge is 0.338 e. The van der Waals surface area contributed by atoms with Gasteiger partial charge in [0.25, 0.3) is 5.91 Å². The molecule has 0 atom stereocenters. The SMILES string of the molecule is CCOc1ccc(C(=O)OCC(=O)N(C)C2CC2)cc1N. The lowest BCUT2D eigenvalue weighted by Crippen LogP contribution is -2.32. The van der Waals surface area contributed by atoms with Gasteiger partial charge >= 0.3 is 5.97 Å². The average Bonchev–Trinajstić information content (AvgIpc) is 3.30. The number of nitrogens with zero attached hydrogens (tertiary/aromatic N) is 1. The number of likely N-dealkylation sites (N-methyl/N-ethyl adjacent to an activating group) is 1. The Morgan fingerprint density at radius 2 is 2.10 bits per heavy atom. The van der Waals surface area contributed by atoms with E-state index in [9.17, 15) is 9.59 Å². The van der Waals surface area contributed by atoms with E-state index >= 15 is 0 Å². The molecule has 1 aromatic rings. The molecule has 0 unspecified atom stereocenters. The minimum absolute atomic E-state index is 0.190. The van der Waals surface area contributed by atoms with Crippen LogP contribution in [0.3, 0.4) is 0 Å². The van der Waals surface area contributed by atoms with Crippen LogP contribution in [0.4, 0.5) is 5.69 Å². The molecule has 0 radical (unpaired) electrons. The number of hydrogen-bond acceptors (Lipinski definition) is 5. The van der Waals surface area contributed by atoms with Crippen LogP contribution in [0.1, 0.15) is 30.1 Å². The fourth-order valence-electron chi connectivity index (χ4n) is 1.94. The number of rotatable bonds is 6. The van der Waals surface area contributed by atoms with Gasteiger partial charge in [0, 0.05) is 13.1 Å². The van der Waals surface area contributed by atoms with Crippen molar-refractivity contribution in [2.24, 2.45) is 0 Å². The van der Waals surface area contributed by atoms with Gasteiger partial charge in [-0.25, -0.2) is 4.79 Å². The Bertz CT molecular complexity index is 540. The van der Waals surface area contributed by atoms with Crippen LogP contribution in [0.2, 0.25) is 0 Å². The molecule has 2 N–H and O–H groups in total. The van der Waals surface area contributed by atoms with Crippen LogP contribution in [-0.4, -0.2) is 43.1 Å². The number of nitrogen functional groups attached to an aromatic ring is 1. The number of ether oxygens (including phenoxy) is 2. The van der Waals surface area contributed by atoms with Gasteiger partial charge in [-0.15, -0.1) is 0 Å². The molecule has 0 saturated heterocycles. The van der Waals surface area contributed by atoms with Crippen molar-refractivity contribution < 1.29 is 19.1 Å². The summed E-state index contributed by atoms with van der Waals surface area (Å²) in [6.07, 6.45) is 2.04. The standard InChI is InChI=1S/C15H20N2O4/c1-3-20-13-7-4-10(8-12(13)16)15(19)21-9-14(18)17(2)11-5-6-11/h4,7-8,11H,3,5-6,9,16H2,1-2H3. The van der Waals surface area contributed by atoms with Gasteiger partial charge in [-0.3, -0.25) is 4.79 Å². The van der Waals surface area contributed by atoms with Crippen LogP contribution in [-0.2, 0) is 9.53 Å². The summed E-state index contributed by atoms with van der Waals surface area (Å²) in [5.74, 6) is -0.231. The van der Waals surface area contributed by atoms with Crippen molar-refractivity contribution in [3.8, 4) is 5.75 Å². The number of esters is 1. The molecule has 0 aliphatic heterocycles. The highest BCUT2D eigenvalue weighted by atomic mass is 16.5. The Morgan fingerprint density at radius 3 is 2.67 bits per heavy atom. The van der Waals surface area contributed by atoms with Gasteiger partial charge < -0.3 is 20.1 Å². The molecule has 1 aromatic carbocycles. The first-order chi connectivity index (χ1) is 10.0. The van der Waals surface area contributed by atoms with Crippen molar-refractivity contribution in [2.45, 2.75) is 25.8 Å². The summed E-state index contributed by atoms with van der Waals surface area (Å²) in [4.78, 5) is 25.3. The predicted octanol–water partition coefficient (Wildman–Crippen LogP) is 1.45. The molecule has 0 aromatic heterocycles. The van der Waals surface area contributed by atoms with E-state index < -0.39 is 5.97 Å². The Balaban J connectivity index is 1.90. The molecule has 1 saturated carbocycles. The van der Waals surface area contributed by atoms with Crippen molar-refractivity contribution in [2.75, 3.05) is 26.0 Å². The van der Waals surface area contributed by atoms with Gasteiger partial charge in [0.2, 0.25) is 0 Å². The second kappa shape index (κ2) is 6.47. The first-order valence-electron chi connectivity index (χ1n) is 6.98. The quantitative estimate of drug-likeness (QED) is 0.634. The molecule has 114 valence electrons. The lowest BCUT2D eigenvalue weighted by atomic mass is 10.2. The fraction of sp³-hybridized carbons (Fsp3) is 0.467. The van der Waals surface area contributed by atoms with E-state index in [-0.39, 0.29) is 12.5 Å².